The van der Waals surface area contributed by atoms with E-state index in [1.165, 1.54) is 47.8 Å². The molecule has 0 aliphatic carbocycles. The topological polar surface area (TPSA) is 6.48 Å². The van der Waals surface area contributed by atoms with Crippen molar-refractivity contribution in [3.05, 3.63) is 83.4 Å². The monoisotopic (exact) mass is 374 g/mol. The van der Waals surface area contributed by atoms with Gasteiger partial charge in [-0.05, 0) is 59.3 Å². The molecule has 2 aliphatic heterocycles. The van der Waals surface area contributed by atoms with Crippen LogP contribution in [0.4, 0.5) is 0 Å². The Morgan fingerprint density at radius 3 is 2.00 bits per heavy atom. The van der Waals surface area contributed by atoms with Crippen LogP contribution in [0.1, 0.15) is 50.3 Å². The molecule has 2 heteroatoms. The molecule has 0 atom stereocenters. The highest BCUT2D eigenvalue weighted by molar-refractivity contribution is 5.86. The molecule has 1 fully saturated rings. The maximum Gasteiger partial charge on any atom is 0.0512 e. The molecule has 148 valence electrons. The Balaban J connectivity index is 0.00000112. The van der Waals surface area contributed by atoms with Crippen molar-refractivity contribution in [1.82, 2.24) is 9.80 Å². The van der Waals surface area contributed by atoms with Crippen LogP contribution in [-0.4, -0.2) is 29.6 Å². The van der Waals surface area contributed by atoms with Crippen molar-refractivity contribution >= 4 is 10.8 Å². The van der Waals surface area contributed by atoms with Gasteiger partial charge in [0.1, 0.15) is 0 Å². The Hall–Kier alpha value is -2.16. The van der Waals surface area contributed by atoms with Crippen LogP contribution in [-0.2, 0) is 13.1 Å². The summed E-state index contributed by atoms with van der Waals surface area (Å²) in [5.74, 6) is 0.702. The Bertz CT molecular complexity index is 879. The largest absolute Gasteiger partial charge is 0.290 e. The first kappa shape index (κ1) is 20.6. The highest BCUT2D eigenvalue weighted by atomic mass is 15.3. The minimum Gasteiger partial charge on any atom is -0.290 e. The van der Waals surface area contributed by atoms with E-state index in [0.717, 1.165) is 19.8 Å². The highest BCUT2D eigenvalue weighted by Crippen LogP contribution is 2.33. The van der Waals surface area contributed by atoms with Gasteiger partial charge in [0.25, 0.3) is 0 Å². The van der Waals surface area contributed by atoms with Crippen molar-refractivity contribution in [2.45, 2.75) is 46.7 Å². The van der Waals surface area contributed by atoms with Crippen molar-refractivity contribution in [3.63, 3.8) is 0 Å². The average molecular weight is 375 g/mol. The number of hydrogen-bond acceptors (Lipinski definition) is 2. The average Bonchev–Trinajstić information content (AvgIpc) is 3.10. The SMILES string of the molecule is C.C.c1ccc2c(c1)CN(CN1CCC(c3cccc4ccccc34)CC1)C2. The molecule has 0 unspecified atom stereocenters. The second-order valence-corrected chi connectivity index (χ2v) is 7.86. The Kier molecular flexibility index (Phi) is 6.53. The second kappa shape index (κ2) is 8.89. The van der Waals surface area contributed by atoms with E-state index in [2.05, 4.69) is 76.5 Å². The molecule has 0 bridgehead atoms. The van der Waals surface area contributed by atoms with Crippen LogP contribution in [0.15, 0.2) is 66.7 Å². The van der Waals surface area contributed by atoms with Gasteiger partial charge < -0.3 is 0 Å². The molecule has 0 aromatic heterocycles. The van der Waals surface area contributed by atoms with Gasteiger partial charge in [-0.25, -0.2) is 0 Å². The fourth-order valence-corrected chi connectivity index (χ4v) is 4.78. The van der Waals surface area contributed by atoms with E-state index in [0.29, 0.717) is 5.92 Å². The molecular weight excluding hydrogens is 340 g/mol. The van der Waals surface area contributed by atoms with Gasteiger partial charge in [-0.15, -0.1) is 0 Å². The molecule has 1 saturated heterocycles. The Labute approximate surface area is 170 Å². The molecule has 0 amide bonds. The van der Waals surface area contributed by atoms with Crippen LogP contribution in [0.3, 0.4) is 0 Å². The van der Waals surface area contributed by atoms with Gasteiger partial charge in [-0.1, -0.05) is 81.6 Å². The van der Waals surface area contributed by atoms with Crippen molar-refractivity contribution in [3.8, 4) is 0 Å². The summed E-state index contributed by atoms with van der Waals surface area (Å²) in [6.07, 6.45) is 2.55. The predicted molar refractivity (Wildman–Crippen MR) is 122 cm³/mol. The summed E-state index contributed by atoms with van der Waals surface area (Å²) in [6.45, 7) is 5.75. The van der Waals surface area contributed by atoms with Gasteiger partial charge >= 0.3 is 0 Å². The van der Waals surface area contributed by atoms with Crippen LogP contribution < -0.4 is 0 Å². The van der Waals surface area contributed by atoms with E-state index in [1.54, 1.807) is 5.56 Å². The number of nitrogens with zero attached hydrogens (tertiary/aromatic N) is 2. The molecule has 3 aromatic carbocycles. The van der Waals surface area contributed by atoms with Gasteiger partial charge in [-0.3, -0.25) is 9.80 Å². The fraction of sp³-hybridized carbons (Fsp3) is 0.385. The van der Waals surface area contributed by atoms with Crippen LogP contribution in [0, 0.1) is 0 Å². The van der Waals surface area contributed by atoms with Crippen molar-refractivity contribution in [2.24, 2.45) is 0 Å². The minimum atomic E-state index is 0. The number of fused-ring (bicyclic) bond motifs is 2. The van der Waals surface area contributed by atoms with Gasteiger partial charge in [-0.2, -0.15) is 0 Å². The third-order valence-corrected chi connectivity index (χ3v) is 6.16. The highest BCUT2D eigenvalue weighted by Gasteiger charge is 2.25. The number of benzene rings is 3. The number of rotatable bonds is 3. The second-order valence-electron chi connectivity index (χ2n) is 7.86. The summed E-state index contributed by atoms with van der Waals surface area (Å²) in [5, 5.41) is 2.82. The maximum absolute atomic E-state index is 2.65. The third-order valence-electron chi connectivity index (χ3n) is 6.16. The summed E-state index contributed by atoms with van der Waals surface area (Å²) in [4.78, 5) is 5.23. The summed E-state index contributed by atoms with van der Waals surface area (Å²) in [5.41, 5.74) is 4.58. The standard InChI is InChI=1S/C24H26N2.2CH4/c1-2-8-22-17-26(16-21(22)7-1)18-25-14-12-20(13-15-25)24-11-5-9-19-6-3-4-10-23(19)24;;/h1-11,20H,12-18H2;2*1H4. The first-order valence-electron chi connectivity index (χ1n) is 9.86. The van der Waals surface area contributed by atoms with Crippen LogP contribution >= 0.6 is 0 Å². The molecule has 3 aromatic rings. The molecule has 2 nitrogen and oxygen atoms in total. The summed E-state index contributed by atoms with van der Waals surface area (Å²) in [6, 6.07) is 24.5. The quantitative estimate of drug-likeness (QED) is 0.533. The lowest BCUT2D eigenvalue weighted by Crippen LogP contribution is -2.40. The molecule has 2 heterocycles. The summed E-state index contributed by atoms with van der Waals surface area (Å²) < 4.78 is 0. The van der Waals surface area contributed by atoms with Crippen LogP contribution in [0.2, 0.25) is 0 Å². The molecule has 28 heavy (non-hydrogen) atoms. The minimum absolute atomic E-state index is 0. The zero-order chi connectivity index (χ0) is 17.3. The Morgan fingerprint density at radius 2 is 1.29 bits per heavy atom. The lowest BCUT2D eigenvalue weighted by molar-refractivity contribution is 0.106. The van der Waals surface area contributed by atoms with Crippen molar-refractivity contribution in [1.29, 1.82) is 0 Å². The number of piperidine rings is 1. The predicted octanol–water partition coefficient (Wildman–Crippen LogP) is 6.26. The van der Waals surface area contributed by atoms with Gasteiger partial charge in [0.2, 0.25) is 0 Å². The lowest BCUT2D eigenvalue weighted by Gasteiger charge is -2.35. The smallest absolute Gasteiger partial charge is 0.0512 e. The van der Waals surface area contributed by atoms with Gasteiger partial charge in [0.15, 0.2) is 0 Å². The Morgan fingerprint density at radius 1 is 0.679 bits per heavy atom. The van der Waals surface area contributed by atoms with E-state index >= 15 is 0 Å². The third kappa shape index (κ3) is 3.99. The number of hydrogen-bond donors (Lipinski definition) is 0. The molecular formula is C26H34N2. The van der Waals surface area contributed by atoms with Crippen molar-refractivity contribution in [2.75, 3.05) is 19.8 Å². The fourth-order valence-electron chi connectivity index (χ4n) is 4.78. The molecule has 0 saturated carbocycles. The maximum atomic E-state index is 2.65. The molecule has 5 rings (SSSR count). The molecule has 2 aliphatic rings. The van der Waals surface area contributed by atoms with Gasteiger partial charge in [0, 0.05) is 13.1 Å². The first-order chi connectivity index (χ1) is 12.9. The summed E-state index contributed by atoms with van der Waals surface area (Å²) >= 11 is 0. The zero-order valence-corrected chi connectivity index (χ0v) is 15.3. The van der Waals surface area contributed by atoms with Crippen LogP contribution in [0.25, 0.3) is 10.8 Å². The van der Waals surface area contributed by atoms with E-state index in [9.17, 15) is 0 Å². The molecule has 0 N–H and O–H groups in total. The molecule has 0 radical (unpaired) electrons. The lowest BCUT2D eigenvalue weighted by atomic mass is 9.86. The van der Waals surface area contributed by atoms with Crippen LogP contribution in [0.5, 0.6) is 0 Å². The zero-order valence-electron chi connectivity index (χ0n) is 15.3. The number of likely N-dealkylation sites (tertiary alicyclic amines) is 1. The van der Waals surface area contributed by atoms with E-state index in [4.69, 9.17) is 0 Å². The first-order valence-corrected chi connectivity index (χ1v) is 9.86. The van der Waals surface area contributed by atoms with E-state index in [1.807, 2.05) is 0 Å². The van der Waals surface area contributed by atoms with E-state index in [-0.39, 0.29) is 14.9 Å². The normalized spacial score (nSPS) is 17.7. The van der Waals surface area contributed by atoms with E-state index < -0.39 is 0 Å². The van der Waals surface area contributed by atoms with Gasteiger partial charge in [0.05, 0.1) is 6.67 Å². The van der Waals surface area contributed by atoms with Crippen molar-refractivity contribution < 1.29 is 0 Å². The summed E-state index contributed by atoms with van der Waals surface area (Å²) in [7, 11) is 0. The molecule has 0 spiro atoms.